The van der Waals surface area contributed by atoms with Gasteiger partial charge in [-0.15, -0.1) is 12.4 Å². The quantitative estimate of drug-likeness (QED) is 0.159. The molecule has 1 aliphatic heterocycles. The molecule has 0 saturated carbocycles. The van der Waals surface area contributed by atoms with E-state index in [1.807, 2.05) is 0 Å². The van der Waals surface area contributed by atoms with Gasteiger partial charge in [-0.2, -0.15) is 0 Å². The van der Waals surface area contributed by atoms with Crippen LogP contribution in [0.25, 0.3) is 0 Å². The summed E-state index contributed by atoms with van der Waals surface area (Å²) in [4.78, 5) is 26.8. The number of guanidine groups is 1. The van der Waals surface area contributed by atoms with Crippen LogP contribution < -0.4 is 25.8 Å². The molecule has 1 aliphatic rings. The van der Waals surface area contributed by atoms with Crippen molar-refractivity contribution in [3.63, 3.8) is 0 Å². The lowest BCUT2D eigenvalue weighted by molar-refractivity contribution is 0.0962. The standard InChI is InChI=1S/C28H30Cl2N6O5S.ClH/c1-17-14-20(7-8-21(17)26(37)34-28(38)33-16-18-10-12-36(13-11-18)27(31)32)42(39,40)35-23-4-2-3-5-25(23)41-24-9-6-19(29)15-22(24)30;/h2-9,14-15,18,35H,10-13,16H2,1H3,(H3,31,32)(H2,33,34,37,38);1H. The maximum absolute atomic E-state index is 13.2. The molecule has 0 radical (unpaired) electrons. The number of nitrogens with two attached hydrogens (primary N) is 1. The molecule has 6 N–H and O–H groups in total. The number of halogens is 3. The normalized spacial score (nSPS) is 13.4. The highest BCUT2D eigenvalue weighted by atomic mass is 35.5. The number of piperidine rings is 1. The second kappa shape index (κ2) is 14.6. The first-order chi connectivity index (χ1) is 19.9. The summed E-state index contributed by atoms with van der Waals surface area (Å²) in [6, 6.07) is 14.5. The van der Waals surface area contributed by atoms with Crippen molar-refractivity contribution in [1.29, 1.82) is 5.41 Å². The topological polar surface area (TPSA) is 167 Å². The summed E-state index contributed by atoms with van der Waals surface area (Å²) in [7, 11) is -4.08. The molecule has 0 aliphatic carbocycles. The summed E-state index contributed by atoms with van der Waals surface area (Å²) in [5, 5.41) is 13.2. The number of hydrogen-bond acceptors (Lipinski definition) is 6. The van der Waals surface area contributed by atoms with Crippen molar-refractivity contribution in [2.75, 3.05) is 24.4 Å². The van der Waals surface area contributed by atoms with Crippen molar-refractivity contribution in [3.05, 3.63) is 81.8 Å². The van der Waals surface area contributed by atoms with Crippen LogP contribution in [-0.4, -0.2) is 50.8 Å². The zero-order valence-corrected chi connectivity index (χ0v) is 26.2. The molecule has 11 nitrogen and oxygen atoms in total. The Kier molecular flexibility index (Phi) is 11.5. The number of para-hydroxylation sites is 2. The largest absolute Gasteiger partial charge is 0.454 e. The Balaban J connectivity index is 0.00000506. The molecule has 0 aromatic heterocycles. The number of benzene rings is 3. The second-order valence-electron chi connectivity index (χ2n) is 9.74. The lowest BCUT2D eigenvalue weighted by atomic mass is 9.97. The Labute approximate surface area is 266 Å². The van der Waals surface area contributed by atoms with Gasteiger partial charge >= 0.3 is 6.03 Å². The molecule has 1 fully saturated rings. The number of ether oxygens (including phenoxy) is 1. The van der Waals surface area contributed by atoms with Crippen molar-refractivity contribution in [2.24, 2.45) is 11.7 Å². The SMILES string of the molecule is Cc1cc(S(=O)(=O)Nc2ccccc2Oc2ccc(Cl)cc2Cl)ccc1C(=O)NC(=O)NCC1CCN(C(=N)N)CC1.Cl. The maximum atomic E-state index is 13.2. The number of nitrogens with one attached hydrogen (secondary N) is 4. The van der Waals surface area contributed by atoms with E-state index < -0.39 is 22.0 Å². The molecular weight excluding hydrogens is 639 g/mol. The number of aryl methyl sites for hydroxylation is 1. The van der Waals surface area contributed by atoms with Gasteiger partial charge in [-0.1, -0.05) is 35.3 Å². The summed E-state index contributed by atoms with van der Waals surface area (Å²) in [5.41, 5.74) is 6.19. The number of imide groups is 1. The molecule has 3 aromatic carbocycles. The van der Waals surface area contributed by atoms with E-state index in [0.717, 1.165) is 12.8 Å². The fraction of sp³-hybridized carbons (Fsp3) is 0.250. The number of carbonyl (C=O) groups is 2. The molecule has 15 heteroatoms. The van der Waals surface area contributed by atoms with Crippen LogP contribution >= 0.6 is 35.6 Å². The van der Waals surface area contributed by atoms with Crippen LogP contribution in [0.3, 0.4) is 0 Å². The smallest absolute Gasteiger partial charge is 0.321 e. The van der Waals surface area contributed by atoms with Crippen LogP contribution in [-0.2, 0) is 10.0 Å². The summed E-state index contributed by atoms with van der Waals surface area (Å²) >= 11 is 12.1. The molecule has 4 rings (SSSR count). The van der Waals surface area contributed by atoms with Gasteiger partial charge in [0.1, 0.15) is 5.75 Å². The first kappa shape index (κ1) is 33.8. The number of amides is 3. The van der Waals surface area contributed by atoms with Crippen LogP contribution in [0, 0.1) is 18.3 Å². The summed E-state index contributed by atoms with van der Waals surface area (Å²) in [6.07, 6.45) is 1.53. The Bertz CT molecular complexity index is 1610. The Hall–Kier alpha value is -3.71. The van der Waals surface area contributed by atoms with Gasteiger partial charge in [0.15, 0.2) is 11.7 Å². The average Bonchev–Trinajstić information content (AvgIpc) is 2.94. The van der Waals surface area contributed by atoms with Gasteiger partial charge in [0.25, 0.3) is 15.9 Å². The molecule has 0 spiro atoms. The van der Waals surface area contributed by atoms with E-state index in [1.54, 1.807) is 42.2 Å². The van der Waals surface area contributed by atoms with E-state index in [9.17, 15) is 18.0 Å². The lowest BCUT2D eigenvalue weighted by Crippen LogP contribution is -2.46. The molecule has 230 valence electrons. The third kappa shape index (κ3) is 8.90. The fourth-order valence-corrected chi connectivity index (χ4v) is 6.01. The Morgan fingerprint density at radius 2 is 1.74 bits per heavy atom. The van der Waals surface area contributed by atoms with E-state index in [0.29, 0.717) is 36.0 Å². The van der Waals surface area contributed by atoms with Gasteiger partial charge in [0, 0.05) is 30.2 Å². The van der Waals surface area contributed by atoms with Gasteiger partial charge in [-0.05, 0) is 79.8 Å². The van der Waals surface area contributed by atoms with Crippen LogP contribution in [0.4, 0.5) is 10.5 Å². The highest BCUT2D eigenvalue weighted by Crippen LogP contribution is 2.36. The minimum Gasteiger partial charge on any atom is -0.454 e. The van der Waals surface area contributed by atoms with Gasteiger partial charge < -0.3 is 20.7 Å². The summed E-state index contributed by atoms with van der Waals surface area (Å²) < 4.78 is 34.8. The van der Waals surface area contributed by atoms with E-state index in [4.69, 9.17) is 39.1 Å². The first-order valence-electron chi connectivity index (χ1n) is 13.0. The highest BCUT2D eigenvalue weighted by molar-refractivity contribution is 7.92. The van der Waals surface area contributed by atoms with Crippen LogP contribution in [0.5, 0.6) is 11.5 Å². The Morgan fingerprint density at radius 3 is 2.40 bits per heavy atom. The molecule has 3 aromatic rings. The highest BCUT2D eigenvalue weighted by Gasteiger charge is 2.22. The van der Waals surface area contributed by atoms with E-state index in [2.05, 4.69) is 15.4 Å². The summed E-state index contributed by atoms with van der Waals surface area (Å²) in [6.45, 7) is 3.23. The summed E-state index contributed by atoms with van der Waals surface area (Å²) in [5.74, 6) is 0.0913. The van der Waals surface area contributed by atoms with Gasteiger partial charge in [0.05, 0.1) is 15.6 Å². The number of hydrogen-bond donors (Lipinski definition) is 5. The predicted octanol–water partition coefficient (Wildman–Crippen LogP) is 5.36. The number of carbonyl (C=O) groups excluding carboxylic acids is 2. The third-order valence-corrected chi connectivity index (χ3v) is 8.63. The molecule has 3 amide bonds. The second-order valence-corrected chi connectivity index (χ2v) is 12.3. The van der Waals surface area contributed by atoms with Crippen molar-refractivity contribution in [2.45, 2.75) is 24.7 Å². The molecule has 43 heavy (non-hydrogen) atoms. The number of sulfonamides is 1. The van der Waals surface area contributed by atoms with Crippen LogP contribution in [0.2, 0.25) is 10.0 Å². The van der Waals surface area contributed by atoms with Crippen LogP contribution in [0.1, 0.15) is 28.8 Å². The maximum Gasteiger partial charge on any atom is 0.321 e. The minimum absolute atomic E-state index is 0. The Morgan fingerprint density at radius 1 is 1.05 bits per heavy atom. The monoisotopic (exact) mass is 668 g/mol. The lowest BCUT2D eigenvalue weighted by Gasteiger charge is -2.32. The average molecular weight is 670 g/mol. The zero-order chi connectivity index (χ0) is 30.4. The number of urea groups is 1. The van der Waals surface area contributed by atoms with Crippen LogP contribution in [0.15, 0.2) is 65.6 Å². The van der Waals surface area contributed by atoms with Crippen molar-refractivity contribution < 1.29 is 22.7 Å². The van der Waals surface area contributed by atoms with E-state index in [-0.39, 0.29) is 51.2 Å². The molecule has 1 heterocycles. The van der Waals surface area contributed by atoms with Gasteiger partial charge in [-0.25, -0.2) is 13.2 Å². The van der Waals surface area contributed by atoms with Gasteiger partial charge in [-0.3, -0.25) is 20.2 Å². The van der Waals surface area contributed by atoms with Gasteiger partial charge in [0.2, 0.25) is 0 Å². The zero-order valence-electron chi connectivity index (χ0n) is 23.0. The van der Waals surface area contributed by atoms with Crippen molar-refractivity contribution in [3.8, 4) is 11.5 Å². The number of anilines is 1. The van der Waals surface area contributed by atoms with E-state index >= 15 is 0 Å². The molecule has 0 atom stereocenters. The molecule has 1 saturated heterocycles. The molecule has 0 bridgehead atoms. The van der Waals surface area contributed by atoms with Crippen molar-refractivity contribution >= 4 is 69.2 Å². The predicted molar refractivity (Wildman–Crippen MR) is 169 cm³/mol. The third-order valence-electron chi connectivity index (χ3n) is 6.73. The van der Waals surface area contributed by atoms with Crippen molar-refractivity contribution in [1.82, 2.24) is 15.5 Å². The minimum atomic E-state index is -4.08. The number of rotatable bonds is 8. The first-order valence-corrected chi connectivity index (χ1v) is 15.2. The number of likely N-dealkylation sites (tertiary alicyclic amines) is 1. The molecule has 0 unspecified atom stereocenters. The number of nitrogens with zero attached hydrogens (tertiary/aromatic N) is 1. The molecular formula is C28H31Cl3N6O5S. The van der Waals surface area contributed by atoms with E-state index in [1.165, 1.54) is 30.3 Å². The fourth-order valence-electron chi connectivity index (χ4n) is 4.41.